The molecular formula is C8H13N3O. The van der Waals surface area contributed by atoms with Crippen molar-refractivity contribution in [1.29, 1.82) is 0 Å². The lowest BCUT2D eigenvalue weighted by molar-refractivity contribution is 0.0958. The molecule has 1 rings (SSSR count). The molecule has 0 aliphatic heterocycles. The van der Waals surface area contributed by atoms with Gasteiger partial charge in [0.25, 0.3) is 0 Å². The van der Waals surface area contributed by atoms with Crippen LogP contribution in [-0.2, 0) is 7.05 Å². The summed E-state index contributed by atoms with van der Waals surface area (Å²) in [7, 11) is 1.74. The van der Waals surface area contributed by atoms with Gasteiger partial charge in [-0.15, -0.1) is 0 Å². The number of nitrogens with zero attached hydrogens (tertiary/aromatic N) is 2. The average molecular weight is 167 g/mol. The largest absolute Gasteiger partial charge is 0.321 e. The lowest BCUT2D eigenvalue weighted by Gasteiger charge is -2.05. The summed E-state index contributed by atoms with van der Waals surface area (Å²) >= 11 is 0. The van der Waals surface area contributed by atoms with E-state index in [-0.39, 0.29) is 5.78 Å². The Kier molecular flexibility index (Phi) is 2.28. The molecule has 0 fully saturated rings. The number of aryl methyl sites for hydroxylation is 2. The number of Topliss-reactive ketones (excluding diaryl/α,β-unsaturated/α-hetero) is 1. The second-order valence-electron chi connectivity index (χ2n) is 2.95. The van der Waals surface area contributed by atoms with Crippen LogP contribution in [0.3, 0.4) is 0 Å². The zero-order chi connectivity index (χ0) is 9.30. The van der Waals surface area contributed by atoms with Crippen molar-refractivity contribution in [3.8, 4) is 0 Å². The van der Waals surface area contributed by atoms with Gasteiger partial charge in [0.15, 0.2) is 5.78 Å². The fraction of sp³-hybridized carbons (Fsp3) is 0.500. The molecule has 0 saturated heterocycles. The molecule has 4 nitrogen and oxygen atoms in total. The molecule has 0 saturated carbocycles. The fourth-order valence-electron chi connectivity index (χ4n) is 1.12. The van der Waals surface area contributed by atoms with Crippen molar-refractivity contribution in [3.05, 3.63) is 17.5 Å². The molecule has 12 heavy (non-hydrogen) atoms. The van der Waals surface area contributed by atoms with Crippen molar-refractivity contribution >= 4 is 5.78 Å². The molecule has 1 atom stereocenters. The van der Waals surface area contributed by atoms with Gasteiger partial charge in [-0.25, -0.2) is 0 Å². The third kappa shape index (κ3) is 1.38. The standard InChI is InChI=1S/C8H13N3O/c1-5-4-10-11(3)7(5)8(12)6(2)9/h4,6H,9H2,1-3H3/t6-/m0/s1. The van der Waals surface area contributed by atoms with Crippen LogP contribution in [0.1, 0.15) is 23.0 Å². The van der Waals surface area contributed by atoms with Crippen LogP contribution in [0, 0.1) is 6.92 Å². The first-order valence-corrected chi connectivity index (χ1v) is 3.82. The molecule has 0 aliphatic carbocycles. The van der Waals surface area contributed by atoms with E-state index in [0.717, 1.165) is 5.56 Å². The van der Waals surface area contributed by atoms with Gasteiger partial charge in [0.1, 0.15) is 5.69 Å². The van der Waals surface area contributed by atoms with Crippen LogP contribution >= 0.6 is 0 Å². The number of aromatic nitrogens is 2. The predicted octanol–water partition coefficient (Wildman–Crippen LogP) is 0.258. The van der Waals surface area contributed by atoms with E-state index >= 15 is 0 Å². The Bertz CT molecular complexity index is 282. The molecule has 4 heteroatoms. The second-order valence-corrected chi connectivity index (χ2v) is 2.95. The molecular weight excluding hydrogens is 154 g/mol. The van der Waals surface area contributed by atoms with Crippen molar-refractivity contribution in [2.24, 2.45) is 12.8 Å². The van der Waals surface area contributed by atoms with E-state index < -0.39 is 6.04 Å². The molecule has 0 unspecified atom stereocenters. The maximum absolute atomic E-state index is 11.5. The fourth-order valence-corrected chi connectivity index (χ4v) is 1.12. The number of nitrogens with two attached hydrogens (primary N) is 1. The van der Waals surface area contributed by atoms with Gasteiger partial charge in [-0.2, -0.15) is 5.10 Å². The van der Waals surface area contributed by atoms with Gasteiger partial charge in [0.05, 0.1) is 12.2 Å². The summed E-state index contributed by atoms with van der Waals surface area (Å²) < 4.78 is 1.56. The van der Waals surface area contributed by atoms with E-state index in [1.54, 1.807) is 24.9 Å². The van der Waals surface area contributed by atoms with Crippen LogP contribution in [0.5, 0.6) is 0 Å². The molecule has 0 amide bonds. The summed E-state index contributed by atoms with van der Waals surface area (Å²) in [5, 5.41) is 3.96. The summed E-state index contributed by atoms with van der Waals surface area (Å²) in [6.45, 7) is 3.53. The van der Waals surface area contributed by atoms with E-state index in [1.807, 2.05) is 6.92 Å². The molecule has 0 radical (unpaired) electrons. The van der Waals surface area contributed by atoms with Crippen LogP contribution in [0.2, 0.25) is 0 Å². The number of hydrogen-bond donors (Lipinski definition) is 1. The van der Waals surface area contributed by atoms with Gasteiger partial charge in [0, 0.05) is 7.05 Å². The molecule has 2 N–H and O–H groups in total. The van der Waals surface area contributed by atoms with E-state index in [2.05, 4.69) is 5.10 Å². The van der Waals surface area contributed by atoms with E-state index in [4.69, 9.17) is 5.73 Å². The smallest absolute Gasteiger partial charge is 0.197 e. The molecule has 1 aromatic rings. The first kappa shape index (κ1) is 8.93. The number of carbonyl (C=O) groups is 1. The summed E-state index contributed by atoms with van der Waals surface area (Å²) in [4.78, 5) is 11.5. The SMILES string of the molecule is Cc1cnn(C)c1C(=O)[C@H](C)N. The van der Waals surface area contributed by atoms with Gasteiger partial charge in [-0.3, -0.25) is 9.48 Å². The summed E-state index contributed by atoms with van der Waals surface area (Å²) in [5.41, 5.74) is 6.95. The minimum absolute atomic E-state index is 0.0625. The van der Waals surface area contributed by atoms with Crippen LogP contribution in [-0.4, -0.2) is 21.6 Å². The molecule has 66 valence electrons. The zero-order valence-corrected chi connectivity index (χ0v) is 7.53. The zero-order valence-electron chi connectivity index (χ0n) is 7.53. The minimum Gasteiger partial charge on any atom is -0.321 e. The second kappa shape index (κ2) is 3.06. The van der Waals surface area contributed by atoms with Gasteiger partial charge < -0.3 is 5.73 Å². The van der Waals surface area contributed by atoms with Gasteiger partial charge in [0.2, 0.25) is 0 Å². The van der Waals surface area contributed by atoms with Gasteiger partial charge in [-0.1, -0.05) is 0 Å². The van der Waals surface area contributed by atoms with Crippen LogP contribution < -0.4 is 5.73 Å². The van der Waals surface area contributed by atoms with Crippen molar-refractivity contribution in [3.63, 3.8) is 0 Å². The Hall–Kier alpha value is -1.16. The number of hydrogen-bond acceptors (Lipinski definition) is 3. The molecule has 0 bridgehead atoms. The molecule has 0 aromatic carbocycles. The monoisotopic (exact) mass is 167 g/mol. The van der Waals surface area contributed by atoms with Gasteiger partial charge >= 0.3 is 0 Å². The normalized spacial score (nSPS) is 13.0. The lowest BCUT2D eigenvalue weighted by atomic mass is 10.1. The average Bonchev–Trinajstić information content (AvgIpc) is 2.30. The third-order valence-corrected chi connectivity index (χ3v) is 1.77. The molecule has 0 spiro atoms. The molecule has 1 aromatic heterocycles. The highest BCUT2D eigenvalue weighted by Crippen LogP contribution is 2.07. The number of carbonyl (C=O) groups excluding carboxylic acids is 1. The van der Waals surface area contributed by atoms with Crippen LogP contribution in [0.15, 0.2) is 6.20 Å². The maximum atomic E-state index is 11.5. The quantitative estimate of drug-likeness (QED) is 0.642. The number of rotatable bonds is 2. The Morgan fingerprint density at radius 2 is 2.33 bits per heavy atom. The summed E-state index contributed by atoms with van der Waals surface area (Å²) in [6.07, 6.45) is 1.66. The third-order valence-electron chi connectivity index (χ3n) is 1.77. The first-order chi connectivity index (χ1) is 5.54. The number of ketones is 1. The minimum atomic E-state index is -0.459. The van der Waals surface area contributed by atoms with Crippen molar-refractivity contribution in [2.45, 2.75) is 19.9 Å². The summed E-state index contributed by atoms with van der Waals surface area (Å²) in [5.74, 6) is -0.0625. The van der Waals surface area contributed by atoms with Gasteiger partial charge in [-0.05, 0) is 19.4 Å². The van der Waals surface area contributed by atoms with E-state index in [0.29, 0.717) is 5.69 Å². The van der Waals surface area contributed by atoms with Crippen molar-refractivity contribution in [2.75, 3.05) is 0 Å². The van der Waals surface area contributed by atoms with Crippen LogP contribution in [0.25, 0.3) is 0 Å². The Labute approximate surface area is 71.4 Å². The van der Waals surface area contributed by atoms with Crippen LogP contribution in [0.4, 0.5) is 0 Å². The van der Waals surface area contributed by atoms with E-state index in [1.165, 1.54) is 0 Å². The highest BCUT2D eigenvalue weighted by Gasteiger charge is 2.16. The topological polar surface area (TPSA) is 60.9 Å². The predicted molar refractivity (Wildman–Crippen MR) is 45.9 cm³/mol. The highest BCUT2D eigenvalue weighted by molar-refractivity contribution is 5.99. The highest BCUT2D eigenvalue weighted by atomic mass is 16.1. The Balaban J connectivity index is 3.09. The van der Waals surface area contributed by atoms with Crippen molar-refractivity contribution < 1.29 is 4.79 Å². The molecule has 1 heterocycles. The Morgan fingerprint density at radius 1 is 1.75 bits per heavy atom. The lowest BCUT2D eigenvalue weighted by Crippen LogP contribution is -2.29. The molecule has 0 aliphatic rings. The summed E-state index contributed by atoms with van der Waals surface area (Å²) in [6, 6.07) is -0.459. The Morgan fingerprint density at radius 3 is 2.67 bits per heavy atom. The first-order valence-electron chi connectivity index (χ1n) is 3.82. The maximum Gasteiger partial charge on any atom is 0.197 e. The van der Waals surface area contributed by atoms with E-state index in [9.17, 15) is 4.79 Å². The van der Waals surface area contributed by atoms with Crippen molar-refractivity contribution in [1.82, 2.24) is 9.78 Å².